The zero-order valence-electron chi connectivity index (χ0n) is 14.5. The van der Waals surface area contributed by atoms with Crippen LogP contribution in [0.4, 0.5) is 8.78 Å². The molecule has 0 spiro atoms. The monoisotopic (exact) mass is 327 g/mol. The first kappa shape index (κ1) is 17.9. The van der Waals surface area contributed by atoms with E-state index in [0.29, 0.717) is 27.6 Å². The Morgan fingerprint density at radius 2 is 2.09 bits per heavy atom. The molecular formula is C17H27F2N3O. The summed E-state index contributed by atoms with van der Waals surface area (Å²) in [4.78, 5) is 14.8. The molecule has 130 valence electrons. The van der Waals surface area contributed by atoms with Crippen molar-refractivity contribution in [1.82, 2.24) is 14.7 Å². The molecule has 1 fully saturated rings. The molecule has 0 unspecified atom stereocenters. The standard InChI is InChI=1S/C17H27F2N3O/c1-5-7-15-11(2)8-6-9-21(15)16(23)10-14-12(3)20-22(13(14)4)17(18)19/h11,15,17H,5-10H2,1-4H3/t11-,15-/m1/s1. The van der Waals surface area contributed by atoms with E-state index in [1.54, 1.807) is 13.8 Å². The fourth-order valence-corrected chi connectivity index (χ4v) is 3.69. The van der Waals surface area contributed by atoms with Crippen LogP contribution < -0.4 is 0 Å². The zero-order chi connectivity index (χ0) is 17.1. The van der Waals surface area contributed by atoms with Crippen molar-refractivity contribution in [3.8, 4) is 0 Å². The van der Waals surface area contributed by atoms with E-state index < -0.39 is 6.55 Å². The molecule has 0 radical (unpaired) electrons. The predicted molar refractivity (Wildman–Crippen MR) is 85.5 cm³/mol. The van der Waals surface area contributed by atoms with Crippen molar-refractivity contribution in [3.05, 3.63) is 17.0 Å². The van der Waals surface area contributed by atoms with Crippen molar-refractivity contribution in [3.63, 3.8) is 0 Å². The molecule has 1 aromatic heterocycles. The quantitative estimate of drug-likeness (QED) is 0.823. The molecule has 2 atom stereocenters. The molecule has 2 rings (SSSR count). The van der Waals surface area contributed by atoms with Gasteiger partial charge in [-0.15, -0.1) is 0 Å². The van der Waals surface area contributed by atoms with Gasteiger partial charge in [0, 0.05) is 23.8 Å². The van der Waals surface area contributed by atoms with Gasteiger partial charge in [-0.05, 0) is 39.0 Å². The van der Waals surface area contributed by atoms with E-state index in [9.17, 15) is 13.6 Å². The van der Waals surface area contributed by atoms with Crippen LogP contribution in [0.25, 0.3) is 0 Å². The Labute approximate surface area is 136 Å². The number of amides is 1. The summed E-state index contributed by atoms with van der Waals surface area (Å²) in [6.07, 6.45) is 4.37. The predicted octanol–water partition coefficient (Wildman–Crippen LogP) is 3.86. The van der Waals surface area contributed by atoms with Gasteiger partial charge in [-0.1, -0.05) is 20.3 Å². The van der Waals surface area contributed by atoms with Crippen molar-refractivity contribution >= 4 is 5.91 Å². The summed E-state index contributed by atoms with van der Waals surface area (Å²) in [5.41, 5.74) is 1.56. The molecule has 2 heterocycles. The maximum atomic E-state index is 12.9. The van der Waals surface area contributed by atoms with E-state index in [-0.39, 0.29) is 18.4 Å². The molecule has 0 aliphatic carbocycles. The lowest BCUT2D eigenvalue weighted by Crippen LogP contribution is -2.48. The smallest absolute Gasteiger partial charge is 0.333 e. The van der Waals surface area contributed by atoms with E-state index in [1.807, 2.05) is 4.90 Å². The highest BCUT2D eigenvalue weighted by Gasteiger charge is 2.32. The van der Waals surface area contributed by atoms with Crippen LogP contribution in [0.5, 0.6) is 0 Å². The van der Waals surface area contributed by atoms with Crippen molar-refractivity contribution in [2.75, 3.05) is 6.54 Å². The normalized spacial score (nSPS) is 22.0. The van der Waals surface area contributed by atoms with Gasteiger partial charge in [0.15, 0.2) is 0 Å². The molecule has 6 heteroatoms. The van der Waals surface area contributed by atoms with Crippen molar-refractivity contribution < 1.29 is 13.6 Å². The number of aromatic nitrogens is 2. The first-order chi connectivity index (χ1) is 10.9. The fraction of sp³-hybridized carbons (Fsp3) is 0.765. The molecule has 0 N–H and O–H groups in total. The molecular weight excluding hydrogens is 300 g/mol. The van der Waals surface area contributed by atoms with Crippen molar-refractivity contribution in [1.29, 1.82) is 0 Å². The Hall–Kier alpha value is -1.46. The van der Waals surface area contributed by atoms with Crippen LogP contribution >= 0.6 is 0 Å². The Kier molecular flexibility index (Phi) is 5.76. The Bertz CT molecular complexity index is 556. The summed E-state index contributed by atoms with van der Waals surface area (Å²) < 4.78 is 26.6. The molecule has 4 nitrogen and oxygen atoms in total. The van der Waals surface area contributed by atoms with Crippen LogP contribution in [0.3, 0.4) is 0 Å². The van der Waals surface area contributed by atoms with E-state index in [0.717, 1.165) is 32.2 Å². The van der Waals surface area contributed by atoms with Gasteiger partial charge in [0.1, 0.15) is 0 Å². The van der Waals surface area contributed by atoms with Crippen LogP contribution in [-0.2, 0) is 11.2 Å². The summed E-state index contributed by atoms with van der Waals surface area (Å²) in [7, 11) is 0. The number of alkyl halides is 2. The van der Waals surface area contributed by atoms with Crippen LogP contribution in [-0.4, -0.2) is 33.2 Å². The molecule has 0 aromatic carbocycles. The maximum absolute atomic E-state index is 12.9. The molecule has 1 saturated heterocycles. The van der Waals surface area contributed by atoms with Gasteiger partial charge in [-0.3, -0.25) is 4.79 Å². The minimum atomic E-state index is -2.67. The van der Waals surface area contributed by atoms with Gasteiger partial charge < -0.3 is 4.90 Å². The minimum Gasteiger partial charge on any atom is -0.339 e. The minimum absolute atomic E-state index is 0.0371. The Balaban J connectivity index is 2.18. The number of carbonyl (C=O) groups excluding carboxylic acids is 1. The van der Waals surface area contributed by atoms with Crippen LogP contribution in [0, 0.1) is 19.8 Å². The first-order valence-electron chi connectivity index (χ1n) is 8.49. The molecule has 1 amide bonds. The maximum Gasteiger partial charge on any atom is 0.333 e. The van der Waals surface area contributed by atoms with E-state index >= 15 is 0 Å². The number of likely N-dealkylation sites (tertiary alicyclic amines) is 1. The third-order valence-electron chi connectivity index (χ3n) is 5.01. The summed E-state index contributed by atoms with van der Waals surface area (Å²) >= 11 is 0. The van der Waals surface area contributed by atoms with Gasteiger partial charge in [-0.25, -0.2) is 4.68 Å². The second-order valence-corrected chi connectivity index (χ2v) is 6.61. The Morgan fingerprint density at radius 1 is 1.39 bits per heavy atom. The van der Waals surface area contributed by atoms with Crippen LogP contribution in [0.1, 0.15) is 63.0 Å². The SMILES string of the molecule is CCC[C@@H]1[C@H](C)CCCN1C(=O)Cc1c(C)nn(C(F)F)c1C. The molecule has 23 heavy (non-hydrogen) atoms. The van der Waals surface area contributed by atoms with Gasteiger partial charge in [-0.2, -0.15) is 13.9 Å². The highest BCUT2D eigenvalue weighted by molar-refractivity contribution is 5.79. The zero-order valence-corrected chi connectivity index (χ0v) is 14.5. The topological polar surface area (TPSA) is 38.1 Å². The number of aryl methyl sites for hydroxylation is 1. The molecule has 0 saturated carbocycles. The summed E-state index contributed by atoms with van der Waals surface area (Å²) in [6, 6.07) is 0.270. The number of nitrogens with zero attached hydrogens (tertiary/aromatic N) is 3. The van der Waals surface area contributed by atoms with Crippen molar-refractivity contribution in [2.45, 2.75) is 72.4 Å². The third-order valence-corrected chi connectivity index (χ3v) is 5.01. The number of hydrogen-bond donors (Lipinski definition) is 0. The average molecular weight is 327 g/mol. The highest BCUT2D eigenvalue weighted by Crippen LogP contribution is 2.28. The Morgan fingerprint density at radius 3 is 2.65 bits per heavy atom. The largest absolute Gasteiger partial charge is 0.339 e. The molecule has 1 aliphatic rings. The number of hydrogen-bond acceptors (Lipinski definition) is 2. The molecule has 1 aliphatic heterocycles. The summed E-state index contributed by atoms with van der Waals surface area (Å²) in [5, 5.41) is 3.87. The van der Waals surface area contributed by atoms with Gasteiger partial charge in [0.05, 0.1) is 12.1 Å². The highest BCUT2D eigenvalue weighted by atomic mass is 19.3. The van der Waals surface area contributed by atoms with Gasteiger partial charge in [0.25, 0.3) is 0 Å². The van der Waals surface area contributed by atoms with E-state index in [2.05, 4.69) is 18.9 Å². The van der Waals surface area contributed by atoms with Gasteiger partial charge >= 0.3 is 6.55 Å². The van der Waals surface area contributed by atoms with Crippen LogP contribution in [0.2, 0.25) is 0 Å². The lowest BCUT2D eigenvalue weighted by atomic mass is 9.87. The lowest BCUT2D eigenvalue weighted by molar-refractivity contribution is -0.135. The van der Waals surface area contributed by atoms with E-state index in [1.165, 1.54) is 0 Å². The number of halogens is 2. The number of carbonyl (C=O) groups is 1. The van der Waals surface area contributed by atoms with Gasteiger partial charge in [0.2, 0.25) is 5.91 Å². The number of rotatable bonds is 5. The van der Waals surface area contributed by atoms with Crippen molar-refractivity contribution in [2.24, 2.45) is 5.92 Å². The average Bonchev–Trinajstić information content (AvgIpc) is 2.77. The fourth-order valence-electron chi connectivity index (χ4n) is 3.69. The number of piperidine rings is 1. The third kappa shape index (κ3) is 3.72. The summed E-state index contributed by atoms with van der Waals surface area (Å²) in [5.74, 6) is 0.536. The first-order valence-corrected chi connectivity index (χ1v) is 8.49. The second-order valence-electron chi connectivity index (χ2n) is 6.61. The summed E-state index contributed by atoms with van der Waals surface area (Å²) in [6.45, 7) is 5.74. The molecule has 1 aromatic rings. The van der Waals surface area contributed by atoms with Crippen LogP contribution in [0.15, 0.2) is 0 Å². The van der Waals surface area contributed by atoms with E-state index in [4.69, 9.17) is 0 Å². The lowest BCUT2D eigenvalue weighted by Gasteiger charge is -2.40. The molecule has 0 bridgehead atoms. The second kappa shape index (κ2) is 7.41.